The minimum Gasteiger partial charge on any atom is -0.0654 e. The minimum absolute atomic E-state index is 0.986. The van der Waals surface area contributed by atoms with Crippen molar-refractivity contribution >= 4 is 0 Å². The summed E-state index contributed by atoms with van der Waals surface area (Å²) in [6.07, 6.45) is 49.7. The van der Waals surface area contributed by atoms with E-state index in [0.29, 0.717) is 0 Å². The lowest BCUT2D eigenvalue weighted by atomic mass is 9.82. The average Bonchev–Trinajstić information content (AvgIpc) is 2.96. The van der Waals surface area contributed by atoms with Crippen LogP contribution in [0.25, 0.3) is 0 Å². The third-order valence-corrected chi connectivity index (χ3v) is 9.53. The molecule has 0 aliphatic heterocycles. The first-order chi connectivity index (χ1) is 19.8. The van der Waals surface area contributed by atoms with E-state index in [4.69, 9.17) is 0 Å². The van der Waals surface area contributed by atoms with Crippen LogP contribution in [-0.4, -0.2) is 0 Å². The zero-order valence-corrected chi connectivity index (χ0v) is 29.1. The second-order valence-corrected chi connectivity index (χ2v) is 13.7. The molecule has 0 aromatic heterocycles. The average molecular weight is 562 g/mol. The Morgan fingerprint density at radius 2 is 0.550 bits per heavy atom. The highest BCUT2D eigenvalue weighted by Crippen LogP contribution is 2.32. The predicted octanol–water partition coefficient (Wildman–Crippen LogP) is 15.5. The van der Waals surface area contributed by atoms with Crippen molar-refractivity contribution in [3.05, 3.63) is 5.92 Å². The van der Waals surface area contributed by atoms with Crippen LogP contribution in [0, 0.1) is 11.8 Å². The van der Waals surface area contributed by atoms with Gasteiger partial charge in [-0.1, -0.05) is 227 Å². The normalized spacial score (nSPS) is 12.5. The maximum absolute atomic E-state index is 2.36. The predicted molar refractivity (Wildman–Crippen MR) is 186 cm³/mol. The molecule has 0 aliphatic carbocycles. The van der Waals surface area contributed by atoms with E-state index in [1.807, 2.05) is 5.92 Å². The van der Waals surface area contributed by atoms with Crippen molar-refractivity contribution in [2.24, 2.45) is 5.92 Å². The summed E-state index contributed by atoms with van der Waals surface area (Å²) in [6, 6.07) is 0. The molecule has 241 valence electrons. The second kappa shape index (κ2) is 35.2. The molecule has 1 radical (unpaired) electrons. The highest BCUT2D eigenvalue weighted by atomic mass is 14.2. The van der Waals surface area contributed by atoms with E-state index in [9.17, 15) is 0 Å². The topological polar surface area (TPSA) is 0 Å². The van der Waals surface area contributed by atoms with Gasteiger partial charge in [-0.25, -0.2) is 0 Å². The molecular formula is C40H81. The molecular weight excluding hydrogens is 480 g/mol. The summed E-state index contributed by atoms with van der Waals surface area (Å²) in [4.78, 5) is 0. The molecule has 0 saturated heterocycles. The fourth-order valence-electron chi connectivity index (χ4n) is 6.71. The Morgan fingerprint density at radius 3 is 0.875 bits per heavy atom. The molecule has 0 N–H and O–H groups in total. The Morgan fingerprint density at radius 1 is 0.300 bits per heavy atom. The lowest BCUT2D eigenvalue weighted by molar-refractivity contribution is 0.369. The lowest BCUT2D eigenvalue weighted by Crippen LogP contribution is -2.09. The van der Waals surface area contributed by atoms with Crippen molar-refractivity contribution in [2.75, 3.05) is 0 Å². The van der Waals surface area contributed by atoms with Gasteiger partial charge < -0.3 is 0 Å². The van der Waals surface area contributed by atoms with Crippen LogP contribution < -0.4 is 0 Å². The van der Waals surface area contributed by atoms with Crippen molar-refractivity contribution in [3.8, 4) is 0 Å². The Hall–Kier alpha value is 0. The largest absolute Gasteiger partial charge is 0.0654 e. The third kappa shape index (κ3) is 30.9. The second-order valence-electron chi connectivity index (χ2n) is 13.7. The van der Waals surface area contributed by atoms with Gasteiger partial charge in [-0.2, -0.15) is 0 Å². The van der Waals surface area contributed by atoms with Gasteiger partial charge in [-0.3, -0.25) is 0 Å². The molecule has 0 spiro atoms. The summed E-state index contributed by atoms with van der Waals surface area (Å²) < 4.78 is 0. The molecule has 1 unspecified atom stereocenters. The first-order valence-electron chi connectivity index (χ1n) is 19.6. The molecule has 0 heteroatoms. The van der Waals surface area contributed by atoms with Crippen LogP contribution in [0.2, 0.25) is 0 Å². The Labute approximate surface area is 257 Å². The molecule has 0 saturated carbocycles. The van der Waals surface area contributed by atoms with Gasteiger partial charge >= 0.3 is 0 Å². The van der Waals surface area contributed by atoms with Crippen molar-refractivity contribution in [2.45, 2.75) is 246 Å². The fraction of sp³-hybridized carbons (Fsp3) is 0.975. The zero-order valence-electron chi connectivity index (χ0n) is 29.1. The molecule has 0 fully saturated rings. The van der Waals surface area contributed by atoms with E-state index in [0.717, 1.165) is 5.92 Å². The summed E-state index contributed by atoms with van der Waals surface area (Å²) >= 11 is 0. The molecule has 1 atom stereocenters. The van der Waals surface area contributed by atoms with Crippen LogP contribution in [0.5, 0.6) is 0 Å². The molecule has 0 aliphatic rings. The van der Waals surface area contributed by atoms with Crippen molar-refractivity contribution in [3.63, 3.8) is 0 Å². The molecule has 0 bridgehead atoms. The molecule has 0 aromatic carbocycles. The molecule has 0 amide bonds. The van der Waals surface area contributed by atoms with Gasteiger partial charge in [0.25, 0.3) is 0 Å². The van der Waals surface area contributed by atoms with Crippen molar-refractivity contribution < 1.29 is 0 Å². The smallest absolute Gasteiger partial charge is 0.0238 e. The molecule has 0 rings (SSSR count). The van der Waals surface area contributed by atoms with E-state index >= 15 is 0 Å². The first-order valence-corrected chi connectivity index (χ1v) is 19.6. The van der Waals surface area contributed by atoms with E-state index < -0.39 is 0 Å². The van der Waals surface area contributed by atoms with Crippen LogP contribution in [0.1, 0.15) is 246 Å². The molecule has 0 nitrogen and oxygen atoms in total. The van der Waals surface area contributed by atoms with Gasteiger partial charge in [0.05, 0.1) is 0 Å². The molecule has 40 heavy (non-hydrogen) atoms. The maximum atomic E-state index is 2.36. The van der Waals surface area contributed by atoms with Crippen LogP contribution >= 0.6 is 0 Å². The summed E-state index contributed by atoms with van der Waals surface area (Å²) in [5.41, 5.74) is 0. The van der Waals surface area contributed by atoms with Crippen molar-refractivity contribution in [1.29, 1.82) is 0 Å². The van der Waals surface area contributed by atoms with Gasteiger partial charge in [0, 0.05) is 0 Å². The third-order valence-electron chi connectivity index (χ3n) is 9.53. The van der Waals surface area contributed by atoms with E-state index in [2.05, 4.69) is 27.7 Å². The zero-order chi connectivity index (χ0) is 29.2. The van der Waals surface area contributed by atoms with Crippen LogP contribution in [-0.2, 0) is 0 Å². The summed E-state index contributed by atoms with van der Waals surface area (Å²) in [5.74, 6) is 2.97. The van der Waals surface area contributed by atoms with Crippen LogP contribution in [0.15, 0.2) is 0 Å². The summed E-state index contributed by atoms with van der Waals surface area (Å²) in [5, 5.41) is 0. The van der Waals surface area contributed by atoms with Gasteiger partial charge in [-0.05, 0) is 31.1 Å². The van der Waals surface area contributed by atoms with Crippen molar-refractivity contribution in [1.82, 2.24) is 0 Å². The Kier molecular flexibility index (Phi) is 35.2. The number of hydrogen-bond donors (Lipinski definition) is 0. The van der Waals surface area contributed by atoms with Gasteiger partial charge in [0.2, 0.25) is 0 Å². The summed E-state index contributed by atoms with van der Waals surface area (Å²) in [7, 11) is 0. The van der Waals surface area contributed by atoms with E-state index in [-0.39, 0.29) is 0 Å². The van der Waals surface area contributed by atoms with Gasteiger partial charge in [0.1, 0.15) is 0 Å². The van der Waals surface area contributed by atoms with Crippen LogP contribution in [0.3, 0.4) is 0 Å². The number of hydrogen-bond acceptors (Lipinski definition) is 0. The lowest BCUT2D eigenvalue weighted by Gasteiger charge is -2.24. The SMILES string of the molecule is CCCCCCCCCCCC[C](CCCCCCCCCCC)CC(CCCCCC)CCCCCCCC. The Bertz CT molecular complexity index is 426. The highest BCUT2D eigenvalue weighted by molar-refractivity contribution is 4.91. The monoisotopic (exact) mass is 562 g/mol. The number of rotatable bonds is 35. The Balaban J connectivity index is 4.51. The maximum Gasteiger partial charge on any atom is -0.0238 e. The van der Waals surface area contributed by atoms with Gasteiger partial charge in [0.15, 0.2) is 0 Å². The fourth-order valence-corrected chi connectivity index (χ4v) is 6.71. The quantitative estimate of drug-likeness (QED) is 0.0675. The molecule has 0 aromatic rings. The molecule has 0 heterocycles. The minimum atomic E-state index is 0.986. The van der Waals surface area contributed by atoms with Crippen LogP contribution in [0.4, 0.5) is 0 Å². The first kappa shape index (κ1) is 40.0. The highest BCUT2D eigenvalue weighted by Gasteiger charge is 2.17. The van der Waals surface area contributed by atoms with E-state index in [1.165, 1.54) is 218 Å². The number of unbranched alkanes of at least 4 members (excludes halogenated alkanes) is 25. The van der Waals surface area contributed by atoms with Gasteiger partial charge in [-0.15, -0.1) is 0 Å². The standard InChI is InChI=1S/C40H81/c1-5-9-13-17-20-22-24-26-29-33-37-40(36-32-28-25-23-21-18-14-10-6-2)38-39(34-30-16-12-8-4)35-31-27-19-15-11-7-3/h39H,5-38H2,1-4H3. The van der Waals surface area contributed by atoms with E-state index in [1.54, 1.807) is 0 Å². The summed E-state index contributed by atoms with van der Waals surface area (Å²) in [6.45, 7) is 9.35.